The smallest absolute Gasteiger partial charge is 0.413 e. The minimum atomic E-state index is -0.554. The number of rotatable bonds is 3. The van der Waals surface area contributed by atoms with Crippen LogP contribution in [0.5, 0.6) is 5.75 Å². The van der Waals surface area contributed by atoms with Crippen molar-refractivity contribution in [3.05, 3.63) is 46.6 Å². The fraction of sp³-hybridized carbons (Fsp3) is 0.294. The molecule has 1 saturated heterocycles. The molecule has 1 aliphatic heterocycles. The Kier molecular flexibility index (Phi) is 5.50. The molecule has 6 nitrogen and oxygen atoms in total. The zero-order valence-corrected chi connectivity index (χ0v) is 14.8. The van der Waals surface area contributed by atoms with Crippen molar-refractivity contribution in [1.82, 2.24) is 4.98 Å². The predicted molar refractivity (Wildman–Crippen MR) is 97.7 cm³/mol. The number of benzene rings is 1. The maximum absolute atomic E-state index is 11.9. The van der Waals surface area contributed by atoms with E-state index in [0.717, 1.165) is 18.8 Å². The monoisotopic (exact) mass is 381 g/mol. The molecule has 1 aromatic carbocycles. The molecule has 1 amide bonds. The highest BCUT2D eigenvalue weighted by atomic mass is 35.5. The number of nitrogens with zero attached hydrogens (tertiary/aromatic N) is 2. The van der Waals surface area contributed by atoms with Crippen molar-refractivity contribution in [1.29, 1.82) is 0 Å². The highest BCUT2D eigenvalue weighted by Gasteiger charge is 2.23. The quantitative estimate of drug-likeness (QED) is 0.828. The molecule has 0 saturated carbocycles. The number of anilines is 2. The van der Waals surface area contributed by atoms with Crippen LogP contribution in [-0.2, 0) is 4.74 Å². The van der Waals surface area contributed by atoms with Crippen molar-refractivity contribution in [2.45, 2.75) is 18.9 Å². The summed E-state index contributed by atoms with van der Waals surface area (Å²) in [5.41, 5.74) is 0.933. The van der Waals surface area contributed by atoms with Gasteiger partial charge in [0.15, 0.2) is 0 Å². The van der Waals surface area contributed by atoms with Crippen LogP contribution in [0.1, 0.15) is 12.8 Å². The highest BCUT2D eigenvalue weighted by Crippen LogP contribution is 2.31. The number of hydrogen-bond acceptors (Lipinski definition) is 5. The van der Waals surface area contributed by atoms with Gasteiger partial charge in [-0.25, -0.2) is 9.78 Å². The molecule has 0 aliphatic carbocycles. The lowest BCUT2D eigenvalue weighted by Crippen LogP contribution is -2.38. The summed E-state index contributed by atoms with van der Waals surface area (Å²) in [6.07, 6.45) is 1.94. The highest BCUT2D eigenvalue weighted by molar-refractivity contribution is 6.36. The number of amides is 1. The fourth-order valence-electron chi connectivity index (χ4n) is 2.70. The van der Waals surface area contributed by atoms with Crippen molar-refractivity contribution >= 4 is 40.8 Å². The topological polar surface area (TPSA) is 74.7 Å². The summed E-state index contributed by atoms with van der Waals surface area (Å²) >= 11 is 12.2. The summed E-state index contributed by atoms with van der Waals surface area (Å²) < 4.78 is 5.43. The molecule has 0 unspecified atom stereocenters. The van der Waals surface area contributed by atoms with Crippen LogP contribution in [0.2, 0.25) is 10.0 Å². The molecular weight excluding hydrogens is 365 g/mol. The van der Waals surface area contributed by atoms with E-state index in [-0.39, 0.29) is 11.9 Å². The Morgan fingerprint density at radius 1 is 1.24 bits per heavy atom. The normalized spacial score (nSPS) is 15.0. The molecule has 0 spiro atoms. The zero-order chi connectivity index (χ0) is 17.8. The summed E-state index contributed by atoms with van der Waals surface area (Å²) in [6, 6.07) is 8.37. The number of halogens is 2. The van der Waals surface area contributed by atoms with Crippen molar-refractivity contribution in [3.8, 4) is 5.75 Å². The molecule has 0 radical (unpaired) electrons. The number of aromatic hydroxyl groups is 1. The second-order valence-corrected chi connectivity index (χ2v) is 6.56. The van der Waals surface area contributed by atoms with Crippen LogP contribution in [-0.4, -0.2) is 35.4 Å². The lowest BCUT2D eigenvalue weighted by atomic mass is 10.1. The summed E-state index contributed by atoms with van der Waals surface area (Å²) in [5, 5.41) is 12.9. The Morgan fingerprint density at radius 2 is 2.00 bits per heavy atom. The molecule has 0 atom stereocenters. The average Bonchev–Trinajstić information content (AvgIpc) is 2.58. The van der Waals surface area contributed by atoms with E-state index in [1.807, 2.05) is 12.1 Å². The summed E-state index contributed by atoms with van der Waals surface area (Å²) in [4.78, 5) is 18.0. The van der Waals surface area contributed by atoms with E-state index in [0.29, 0.717) is 28.7 Å². The molecule has 1 aromatic heterocycles. The summed E-state index contributed by atoms with van der Waals surface area (Å²) in [6.45, 7) is 1.47. The molecule has 132 valence electrons. The average molecular weight is 382 g/mol. The molecule has 25 heavy (non-hydrogen) atoms. The third kappa shape index (κ3) is 4.67. The van der Waals surface area contributed by atoms with E-state index in [4.69, 9.17) is 27.9 Å². The van der Waals surface area contributed by atoms with Gasteiger partial charge in [-0.15, -0.1) is 0 Å². The van der Waals surface area contributed by atoms with E-state index in [1.165, 1.54) is 18.3 Å². The lowest BCUT2D eigenvalue weighted by molar-refractivity contribution is 0.0950. The van der Waals surface area contributed by atoms with Gasteiger partial charge in [0, 0.05) is 31.0 Å². The van der Waals surface area contributed by atoms with Gasteiger partial charge in [-0.3, -0.25) is 5.32 Å². The first-order chi connectivity index (χ1) is 12.0. The molecule has 0 bridgehead atoms. The Balaban J connectivity index is 1.50. The number of carbonyl (C=O) groups is 1. The zero-order valence-electron chi connectivity index (χ0n) is 13.3. The molecule has 8 heteroatoms. The van der Waals surface area contributed by atoms with Crippen LogP contribution in [0, 0.1) is 0 Å². The Hall–Kier alpha value is -2.18. The van der Waals surface area contributed by atoms with Gasteiger partial charge < -0.3 is 14.7 Å². The van der Waals surface area contributed by atoms with Crippen molar-refractivity contribution < 1.29 is 14.6 Å². The van der Waals surface area contributed by atoms with Crippen LogP contribution >= 0.6 is 23.2 Å². The van der Waals surface area contributed by atoms with E-state index in [1.54, 1.807) is 6.07 Å². The van der Waals surface area contributed by atoms with Crippen molar-refractivity contribution in [3.63, 3.8) is 0 Å². The van der Waals surface area contributed by atoms with Crippen LogP contribution in [0.25, 0.3) is 0 Å². The predicted octanol–water partition coefficient (Wildman–Crippen LogP) is 4.31. The SMILES string of the molecule is O=C(Nc1ccc(O)cn1)OC1CCN(c2ccc(Cl)cc2Cl)CC1. The van der Waals surface area contributed by atoms with Crippen LogP contribution < -0.4 is 10.2 Å². The summed E-state index contributed by atoms with van der Waals surface area (Å²) in [5.74, 6) is 0.361. The van der Waals surface area contributed by atoms with Gasteiger partial charge in [-0.05, 0) is 30.3 Å². The van der Waals surface area contributed by atoms with Gasteiger partial charge in [0.2, 0.25) is 0 Å². The van der Waals surface area contributed by atoms with Crippen molar-refractivity contribution in [2.75, 3.05) is 23.3 Å². The Bertz CT molecular complexity index is 747. The van der Waals surface area contributed by atoms with Gasteiger partial charge in [-0.2, -0.15) is 0 Å². The lowest BCUT2D eigenvalue weighted by Gasteiger charge is -2.33. The molecule has 1 aliphatic rings. The molecule has 2 N–H and O–H groups in total. The maximum Gasteiger partial charge on any atom is 0.413 e. The molecule has 2 aromatic rings. The van der Waals surface area contributed by atoms with Gasteiger partial charge in [0.1, 0.15) is 17.7 Å². The van der Waals surface area contributed by atoms with Gasteiger partial charge in [0.25, 0.3) is 0 Å². The third-order valence-electron chi connectivity index (χ3n) is 3.94. The minimum absolute atomic E-state index is 0.0344. The van der Waals surface area contributed by atoms with Crippen LogP contribution in [0.3, 0.4) is 0 Å². The van der Waals surface area contributed by atoms with Crippen LogP contribution in [0.4, 0.5) is 16.3 Å². The number of nitrogens with one attached hydrogen (secondary N) is 1. The molecular formula is C17H17Cl2N3O3. The minimum Gasteiger partial charge on any atom is -0.506 e. The first-order valence-electron chi connectivity index (χ1n) is 7.84. The van der Waals surface area contributed by atoms with Crippen LogP contribution in [0.15, 0.2) is 36.5 Å². The molecule has 1 fully saturated rings. The number of carbonyl (C=O) groups excluding carboxylic acids is 1. The number of hydrogen-bond donors (Lipinski definition) is 2. The van der Waals surface area contributed by atoms with E-state index < -0.39 is 6.09 Å². The van der Waals surface area contributed by atoms with E-state index >= 15 is 0 Å². The van der Waals surface area contributed by atoms with Crippen molar-refractivity contribution in [2.24, 2.45) is 0 Å². The van der Waals surface area contributed by atoms with Gasteiger partial charge >= 0.3 is 6.09 Å². The fourth-order valence-corrected chi connectivity index (χ4v) is 3.23. The molecule has 2 heterocycles. The first-order valence-corrected chi connectivity index (χ1v) is 8.59. The largest absolute Gasteiger partial charge is 0.506 e. The Labute approximate surface area is 155 Å². The van der Waals surface area contributed by atoms with Gasteiger partial charge in [-0.1, -0.05) is 23.2 Å². The second-order valence-electron chi connectivity index (χ2n) is 5.71. The number of ether oxygens (including phenoxy) is 1. The summed E-state index contributed by atoms with van der Waals surface area (Å²) in [7, 11) is 0. The second kappa shape index (κ2) is 7.80. The van der Waals surface area contributed by atoms with E-state index in [9.17, 15) is 9.90 Å². The number of piperidine rings is 1. The number of pyridine rings is 1. The van der Waals surface area contributed by atoms with Gasteiger partial charge in [0.05, 0.1) is 16.9 Å². The standard InChI is InChI=1S/C17H17Cl2N3O3/c18-11-1-3-15(14(19)9-11)22-7-5-13(6-8-22)25-17(24)21-16-4-2-12(23)10-20-16/h1-4,9-10,13,23H,5-8H2,(H,20,21,24). The third-order valence-corrected chi connectivity index (χ3v) is 4.48. The molecule has 3 rings (SSSR count). The van der Waals surface area contributed by atoms with E-state index in [2.05, 4.69) is 15.2 Å². The first kappa shape index (κ1) is 17.6. The number of aromatic nitrogens is 1. The maximum atomic E-state index is 11.9. The Morgan fingerprint density at radius 3 is 2.64 bits per heavy atom.